The number of hydrogen-bond acceptors (Lipinski definition) is 4. The first-order valence-corrected chi connectivity index (χ1v) is 17.7. The third kappa shape index (κ3) is 3.64. The second-order valence-corrected chi connectivity index (χ2v) is 14.1. The molecule has 4 aromatic heterocycles. The fraction of sp³-hybridized carbons (Fsp3) is 0.114. The predicted molar refractivity (Wildman–Crippen MR) is 209 cm³/mol. The average molecular weight is 658 g/mol. The Labute approximate surface area is 292 Å². The van der Waals surface area contributed by atoms with Gasteiger partial charge in [-0.1, -0.05) is 84.9 Å². The van der Waals surface area contributed by atoms with Crippen molar-refractivity contribution in [2.24, 2.45) is 18.0 Å². The predicted octanol–water partition coefficient (Wildman–Crippen LogP) is 9.76. The Balaban J connectivity index is 1.25. The molecule has 5 heterocycles. The molecule has 7 nitrogen and oxygen atoms in total. The van der Waals surface area contributed by atoms with Crippen LogP contribution in [0, 0.1) is 5.92 Å². The molecule has 9 aromatic rings. The molecule has 1 N–H and O–H groups in total. The van der Waals surface area contributed by atoms with Crippen molar-refractivity contribution >= 4 is 72.5 Å². The molecule has 0 saturated heterocycles. The van der Waals surface area contributed by atoms with E-state index in [9.17, 15) is 0 Å². The van der Waals surface area contributed by atoms with Gasteiger partial charge in [-0.25, -0.2) is 4.98 Å². The number of aromatic nitrogens is 5. The number of fused-ring (bicyclic) bond motifs is 14. The van der Waals surface area contributed by atoms with Gasteiger partial charge in [0.25, 0.3) is 0 Å². The Morgan fingerprint density at radius 2 is 1.59 bits per heavy atom. The molecule has 5 aromatic carbocycles. The number of rotatable bonds is 3. The Hall–Kier alpha value is -6.47. The zero-order valence-corrected chi connectivity index (χ0v) is 27.9. The molecule has 242 valence electrons. The Bertz CT molecular complexity index is 3030. The molecule has 2 atom stereocenters. The van der Waals surface area contributed by atoms with Gasteiger partial charge >= 0.3 is 0 Å². The van der Waals surface area contributed by atoms with Crippen LogP contribution in [0.4, 0.5) is 5.82 Å². The van der Waals surface area contributed by atoms with Gasteiger partial charge < -0.3 is 19.0 Å². The van der Waals surface area contributed by atoms with Gasteiger partial charge in [0.15, 0.2) is 11.6 Å². The highest BCUT2D eigenvalue weighted by Crippen LogP contribution is 2.55. The molecular formula is C44H31N7. The number of para-hydroxylation sites is 1. The maximum Gasteiger partial charge on any atom is 0.161 e. The summed E-state index contributed by atoms with van der Waals surface area (Å²) in [6.07, 6.45) is 9.89. The second-order valence-electron chi connectivity index (χ2n) is 14.1. The quantitative estimate of drug-likeness (QED) is 0.206. The number of nitrogens with one attached hydrogen (secondary N) is 1. The maximum absolute atomic E-state index is 4.97. The van der Waals surface area contributed by atoms with Crippen molar-refractivity contribution < 1.29 is 0 Å². The van der Waals surface area contributed by atoms with Gasteiger partial charge in [0.1, 0.15) is 18.1 Å². The first kappa shape index (κ1) is 27.4. The number of aliphatic imine (C=N–C) groups is 1. The lowest BCUT2D eigenvalue weighted by atomic mass is 9.94. The summed E-state index contributed by atoms with van der Waals surface area (Å²) in [4.78, 5) is 14.3. The molecule has 2 unspecified atom stereocenters. The van der Waals surface area contributed by atoms with Crippen LogP contribution in [0.1, 0.15) is 29.2 Å². The molecule has 51 heavy (non-hydrogen) atoms. The summed E-state index contributed by atoms with van der Waals surface area (Å²) < 4.78 is 7.07. The van der Waals surface area contributed by atoms with Gasteiger partial charge in [0.05, 0.1) is 34.0 Å². The van der Waals surface area contributed by atoms with E-state index in [0.717, 1.165) is 28.7 Å². The van der Waals surface area contributed by atoms with Gasteiger partial charge in [-0.2, -0.15) is 0 Å². The van der Waals surface area contributed by atoms with Gasteiger partial charge in [-0.3, -0.25) is 9.98 Å². The maximum atomic E-state index is 4.97. The molecular weight excluding hydrogens is 627 g/mol. The number of benzene rings is 5. The number of anilines is 1. The SMILES string of the molecule is Cn1c(-c2cc(-n3c4c5ccccc5ccc4c4ccc5c(c6ccc7c(c6n5-c5ccccc5)C=CC5CC75)c43)ccn2)nc2c1C=NCN2. The monoisotopic (exact) mass is 657 g/mol. The minimum absolute atomic E-state index is 0.526. The molecule has 1 aliphatic heterocycles. The van der Waals surface area contributed by atoms with Crippen molar-refractivity contribution in [3.63, 3.8) is 0 Å². The normalized spacial score (nSPS) is 17.4. The van der Waals surface area contributed by atoms with E-state index in [4.69, 9.17) is 9.97 Å². The van der Waals surface area contributed by atoms with E-state index in [-0.39, 0.29) is 0 Å². The van der Waals surface area contributed by atoms with Gasteiger partial charge in [-0.05, 0) is 59.5 Å². The van der Waals surface area contributed by atoms with Crippen LogP contribution in [0.5, 0.6) is 0 Å². The van der Waals surface area contributed by atoms with Crippen molar-refractivity contribution in [2.45, 2.75) is 12.3 Å². The summed E-state index contributed by atoms with van der Waals surface area (Å²) in [5, 5.41) is 10.7. The molecule has 0 radical (unpaired) electrons. The van der Waals surface area contributed by atoms with Crippen LogP contribution in [0.2, 0.25) is 0 Å². The summed E-state index contributed by atoms with van der Waals surface area (Å²) in [5.41, 5.74) is 11.7. The van der Waals surface area contributed by atoms with Gasteiger partial charge in [-0.15, -0.1) is 0 Å². The van der Waals surface area contributed by atoms with Crippen LogP contribution in [-0.2, 0) is 7.05 Å². The van der Waals surface area contributed by atoms with Crippen molar-refractivity contribution in [2.75, 3.05) is 12.0 Å². The Kier molecular flexibility index (Phi) is 5.27. The third-order valence-electron chi connectivity index (χ3n) is 11.5. The van der Waals surface area contributed by atoms with Gasteiger partial charge in [0, 0.05) is 51.4 Å². The summed E-state index contributed by atoms with van der Waals surface area (Å²) in [6, 6.07) is 38.0. The minimum Gasteiger partial charge on any atom is -0.349 e. The number of pyridine rings is 1. The molecule has 1 fully saturated rings. The number of hydrogen-bond donors (Lipinski definition) is 1. The van der Waals surface area contributed by atoms with Crippen LogP contribution in [0.15, 0.2) is 120 Å². The smallest absolute Gasteiger partial charge is 0.161 e. The minimum atomic E-state index is 0.526. The topological polar surface area (TPSA) is 65.0 Å². The van der Waals surface area contributed by atoms with Crippen LogP contribution in [0.3, 0.4) is 0 Å². The fourth-order valence-corrected chi connectivity index (χ4v) is 9.05. The van der Waals surface area contributed by atoms with E-state index >= 15 is 0 Å². The van der Waals surface area contributed by atoms with E-state index in [0.29, 0.717) is 18.5 Å². The Morgan fingerprint density at radius 1 is 0.745 bits per heavy atom. The van der Waals surface area contributed by atoms with E-state index in [2.05, 4.69) is 139 Å². The van der Waals surface area contributed by atoms with E-state index in [1.807, 2.05) is 19.5 Å². The first-order valence-electron chi connectivity index (χ1n) is 17.7. The van der Waals surface area contributed by atoms with Crippen LogP contribution < -0.4 is 5.32 Å². The lowest BCUT2D eigenvalue weighted by molar-refractivity contribution is 0.905. The number of imidazole rings is 1. The molecule has 3 aliphatic rings. The number of nitrogens with zero attached hydrogens (tertiary/aromatic N) is 6. The summed E-state index contributed by atoms with van der Waals surface area (Å²) in [6.45, 7) is 0.526. The van der Waals surface area contributed by atoms with Crippen molar-refractivity contribution in [3.8, 4) is 22.9 Å². The molecule has 0 spiro atoms. The second kappa shape index (κ2) is 9.82. The highest BCUT2D eigenvalue weighted by Gasteiger charge is 2.40. The zero-order chi connectivity index (χ0) is 33.4. The summed E-state index contributed by atoms with van der Waals surface area (Å²) >= 11 is 0. The lowest BCUT2D eigenvalue weighted by Gasteiger charge is -2.15. The van der Waals surface area contributed by atoms with E-state index in [1.54, 1.807) is 0 Å². The van der Waals surface area contributed by atoms with Gasteiger partial charge in [0.2, 0.25) is 0 Å². The van der Waals surface area contributed by atoms with Crippen LogP contribution >= 0.6 is 0 Å². The van der Waals surface area contributed by atoms with Crippen molar-refractivity contribution in [1.82, 2.24) is 23.7 Å². The van der Waals surface area contributed by atoms with E-state index in [1.165, 1.54) is 77.6 Å². The molecule has 12 rings (SSSR count). The largest absolute Gasteiger partial charge is 0.349 e. The molecule has 1 saturated carbocycles. The van der Waals surface area contributed by atoms with Crippen molar-refractivity contribution in [3.05, 3.63) is 132 Å². The highest BCUT2D eigenvalue weighted by molar-refractivity contribution is 6.29. The molecule has 0 bridgehead atoms. The third-order valence-corrected chi connectivity index (χ3v) is 11.5. The molecule has 2 aliphatic carbocycles. The molecule has 0 amide bonds. The zero-order valence-electron chi connectivity index (χ0n) is 27.9. The summed E-state index contributed by atoms with van der Waals surface area (Å²) in [5.74, 6) is 2.95. The molecule has 7 heteroatoms. The highest BCUT2D eigenvalue weighted by atomic mass is 15.2. The van der Waals surface area contributed by atoms with Crippen LogP contribution in [-0.4, -0.2) is 36.6 Å². The lowest BCUT2D eigenvalue weighted by Crippen LogP contribution is -2.09. The standard InChI is InChI=1S/C44H31N7/c1-49-38-23-45-24-47-43(38)48-44(49)36-22-28(19-20-46-36)51-40-29-10-6-5-7-25(29)11-13-32(40)33-17-18-37-39(42(33)51)34-16-15-30-31(14-12-26-21-35(26)30)41(34)50(37)27-8-3-2-4-9-27/h2-20,22-23,26,35,47H,21,24H2,1H3. The first-order chi connectivity index (χ1) is 25.2. The Morgan fingerprint density at radius 3 is 2.51 bits per heavy atom. The average Bonchev–Trinajstić information content (AvgIpc) is 3.66. The summed E-state index contributed by atoms with van der Waals surface area (Å²) in [7, 11) is 2.03. The van der Waals surface area contributed by atoms with Crippen LogP contribution in [0.25, 0.3) is 83.4 Å². The number of allylic oxidation sites excluding steroid dienone is 1. The van der Waals surface area contributed by atoms with Crippen molar-refractivity contribution in [1.29, 1.82) is 0 Å². The fourth-order valence-electron chi connectivity index (χ4n) is 9.05. The van der Waals surface area contributed by atoms with E-state index < -0.39 is 0 Å².